The summed E-state index contributed by atoms with van der Waals surface area (Å²) in [7, 11) is 1.86. The van der Waals surface area contributed by atoms with Crippen LogP contribution in [0.2, 0.25) is 0 Å². The Labute approximate surface area is 167 Å². The van der Waals surface area contributed by atoms with Gasteiger partial charge in [0.05, 0.1) is 29.3 Å². The molecule has 0 spiro atoms. The number of hydrogen-bond donors (Lipinski definition) is 1. The minimum absolute atomic E-state index is 0.0934. The van der Waals surface area contributed by atoms with Crippen molar-refractivity contribution < 1.29 is 4.39 Å². The normalized spacial score (nSPS) is 12.0. The predicted octanol–water partition coefficient (Wildman–Crippen LogP) is 3.57. The van der Waals surface area contributed by atoms with Crippen molar-refractivity contribution in [3.63, 3.8) is 0 Å². The maximum Gasteiger partial charge on any atom is 0.223 e. The third-order valence-corrected chi connectivity index (χ3v) is 4.47. The van der Waals surface area contributed by atoms with Gasteiger partial charge in [-0.1, -0.05) is 12.1 Å². The van der Waals surface area contributed by atoms with Gasteiger partial charge in [-0.2, -0.15) is 5.10 Å². The van der Waals surface area contributed by atoms with Gasteiger partial charge in [0.2, 0.25) is 5.95 Å². The molecule has 0 bridgehead atoms. The highest BCUT2D eigenvalue weighted by Gasteiger charge is 2.13. The quantitative estimate of drug-likeness (QED) is 0.543. The highest BCUT2D eigenvalue weighted by Crippen LogP contribution is 2.23. The molecule has 8 heteroatoms. The summed E-state index contributed by atoms with van der Waals surface area (Å²) < 4.78 is 14.9. The first kappa shape index (κ1) is 18.7. The molecule has 1 aromatic carbocycles. The second-order valence-electron chi connectivity index (χ2n) is 6.76. The van der Waals surface area contributed by atoms with E-state index < -0.39 is 0 Å². The molecule has 0 saturated carbocycles. The fraction of sp³-hybridized carbons (Fsp3) is 0.190. The average molecular weight is 389 g/mol. The lowest BCUT2D eigenvalue weighted by atomic mass is 10.1. The van der Waals surface area contributed by atoms with Crippen LogP contribution in [0.25, 0.3) is 11.3 Å². The topological polar surface area (TPSA) is 81.4 Å². The summed E-state index contributed by atoms with van der Waals surface area (Å²) >= 11 is 0. The van der Waals surface area contributed by atoms with Crippen molar-refractivity contribution >= 4 is 5.95 Å². The molecule has 4 aromatic rings. The van der Waals surface area contributed by atoms with E-state index >= 15 is 0 Å². The molecule has 0 unspecified atom stereocenters. The molecule has 3 aromatic heterocycles. The number of anilines is 1. The molecule has 7 nitrogen and oxygen atoms in total. The lowest BCUT2D eigenvalue weighted by Gasteiger charge is -2.15. The molecule has 0 fully saturated rings. The second-order valence-corrected chi connectivity index (χ2v) is 6.76. The number of aryl methyl sites for hydroxylation is 1. The van der Waals surface area contributed by atoms with Crippen LogP contribution in [0.1, 0.15) is 29.9 Å². The van der Waals surface area contributed by atoms with Crippen molar-refractivity contribution in [3.05, 3.63) is 84.1 Å². The zero-order valence-electron chi connectivity index (χ0n) is 16.1. The summed E-state index contributed by atoms with van der Waals surface area (Å²) in [5.74, 6) is 0.226. The van der Waals surface area contributed by atoms with Gasteiger partial charge in [0.15, 0.2) is 0 Å². The van der Waals surface area contributed by atoms with Crippen LogP contribution in [0.5, 0.6) is 0 Å². The predicted molar refractivity (Wildman–Crippen MR) is 108 cm³/mol. The summed E-state index contributed by atoms with van der Waals surface area (Å²) in [5, 5.41) is 7.54. The molecule has 0 radical (unpaired) electrons. The second kappa shape index (κ2) is 8.14. The van der Waals surface area contributed by atoms with E-state index in [4.69, 9.17) is 0 Å². The van der Waals surface area contributed by atoms with Crippen LogP contribution in [0.15, 0.2) is 61.3 Å². The molecule has 1 N–H and O–H groups in total. The maximum atomic E-state index is 13.2. The number of aromatic nitrogens is 6. The van der Waals surface area contributed by atoms with Crippen LogP contribution in [0.3, 0.4) is 0 Å². The molecule has 0 saturated heterocycles. The van der Waals surface area contributed by atoms with Gasteiger partial charge in [-0.3, -0.25) is 14.6 Å². The van der Waals surface area contributed by atoms with Crippen molar-refractivity contribution in [2.24, 2.45) is 7.05 Å². The number of rotatable bonds is 6. The van der Waals surface area contributed by atoms with Gasteiger partial charge in [0.1, 0.15) is 5.82 Å². The summed E-state index contributed by atoms with van der Waals surface area (Å²) in [6.07, 6.45) is 9.22. The molecular weight excluding hydrogens is 369 g/mol. The lowest BCUT2D eigenvalue weighted by molar-refractivity contribution is 0.626. The molecule has 0 aliphatic rings. The standard InChI is InChI=1S/C21H20FN7/c1-14(15-3-5-17(22)6-4-15)26-21-27-18(9-19-12-23-7-8-24-19)10-20(28-21)16-11-25-29(2)13-16/h3-8,10-14H,9H2,1-2H3,(H,26,27,28)/t14-/m0/s1. The Balaban J connectivity index is 1.66. The largest absolute Gasteiger partial charge is 0.348 e. The SMILES string of the molecule is C[C@H](Nc1nc(Cc2cnccn2)cc(-c2cnn(C)c2)n1)c1ccc(F)cc1. The van der Waals surface area contributed by atoms with Gasteiger partial charge in [-0.05, 0) is 30.7 Å². The van der Waals surface area contributed by atoms with Crippen molar-refractivity contribution in [1.82, 2.24) is 29.7 Å². The lowest BCUT2D eigenvalue weighted by Crippen LogP contribution is -2.11. The highest BCUT2D eigenvalue weighted by molar-refractivity contribution is 5.59. The van der Waals surface area contributed by atoms with E-state index in [1.807, 2.05) is 26.2 Å². The molecule has 0 aliphatic carbocycles. The Hall–Kier alpha value is -3.68. The number of halogens is 1. The van der Waals surface area contributed by atoms with Gasteiger partial charge in [-0.25, -0.2) is 14.4 Å². The summed E-state index contributed by atoms with van der Waals surface area (Å²) in [6.45, 7) is 1.98. The van der Waals surface area contributed by atoms with Crippen molar-refractivity contribution in [2.45, 2.75) is 19.4 Å². The average Bonchev–Trinajstić information content (AvgIpc) is 3.15. The van der Waals surface area contributed by atoms with E-state index in [1.54, 1.807) is 41.6 Å². The van der Waals surface area contributed by atoms with E-state index in [2.05, 4.69) is 30.4 Å². The zero-order valence-corrected chi connectivity index (χ0v) is 16.1. The van der Waals surface area contributed by atoms with E-state index in [1.165, 1.54) is 12.1 Å². The maximum absolute atomic E-state index is 13.2. The summed E-state index contributed by atoms with van der Waals surface area (Å²) in [5.41, 5.74) is 4.24. The number of benzene rings is 1. The Morgan fingerprint density at radius 1 is 1.07 bits per heavy atom. The minimum atomic E-state index is -0.262. The van der Waals surface area contributed by atoms with Crippen LogP contribution in [0.4, 0.5) is 10.3 Å². The molecule has 0 aliphatic heterocycles. The first-order valence-corrected chi connectivity index (χ1v) is 9.21. The first-order chi connectivity index (χ1) is 14.1. The van der Waals surface area contributed by atoms with Crippen LogP contribution in [0, 0.1) is 5.82 Å². The van der Waals surface area contributed by atoms with Gasteiger partial charge < -0.3 is 5.32 Å². The van der Waals surface area contributed by atoms with Crippen molar-refractivity contribution in [3.8, 4) is 11.3 Å². The van der Waals surface area contributed by atoms with E-state index in [0.717, 1.165) is 28.2 Å². The fourth-order valence-electron chi connectivity index (χ4n) is 2.99. The van der Waals surface area contributed by atoms with E-state index in [-0.39, 0.29) is 11.9 Å². The van der Waals surface area contributed by atoms with Gasteiger partial charge >= 0.3 is 0 Å². The Bertz CT molecular complexity index is 1090. The highest BCUT2D eigenvalue weighted by atomic mass is 19.1. The molecular formula is C21H20FN7. The molecule has 0 amide bonds. The molecule has 146 valence electrons. The van der Waals surface area contributed by atoms with E-state index in [0.29, 0.717) is 12.4 Å². The smallest absolute Gasteiger partial charge is 0.223 e. The monoisotopic (exact) mass is 389 g/mol. The van der Waals surface area contributed by atoms with Crippen LogP contribution in [-0.2, 0) is 13.5 Å². The minimum Gasteiger partial charge on any atom is -0.348 e. The summed E-state index contributed by atoms with van der Waals surface area (Å²) in [6, 6.07) is 8.22. The number of nitrogens with one attached hydrogen (secondary N) is 1. The van der Waals surface area contributed by atoms with Gasteiger partial charge in [-0.15, -0.1) is 0 Å². The van der Waals surface area contributed by atoms with Crippen LogP contribution >= 0.6 is 0 Å². The van der Waals surface area contributed by atoms with E-state index in [9.17, 15) is 4.39 Å². The number of hydrogen-bond acceptors (Lipinski definition) is 6. The molecule has 1 atom stereocenters. The first-order valence-electron chi connectivity index (χ1n) is 9.21. The Morgan fingerprint density at radius 3 is 2.59 bits per heavy atom. The van der Waals surface area contributed by atoms with Gasteiger partial charge in [0, 0.05) is 43.8 Å². The molecule has 4 rings (SSSR count). The fourth-order valence-corrected chi connectivity index (χ4v) is 2.99. The summed E-state index contributed by atoms with van der Waals surface area (Å²) in [4.78, 5) is 17.8. The molecule has 3 heterocycles. The zero-order chi connectivity index (χ0) is 20.2. The van der Waals surface area contributed by atoms with Crippen LogP contribution < -0.4 is 5.32 Å². The number of nitrogens with zero attached hydrogens (tertiary/aromatic N) is 6. The Kier molecular flexibility index (Phi) is 5.24. The third kappa shape index (κ3) is 4.60. The van der Waals surface area contributed by atoms with Gasteiger partial charge in [0.25, 0.3) is 0 Å². The Morgan fingerprint density at radius 2 is 1.90 bits per heavy atom. The van der Waals surface area contributed by atoms with Crippen molar-refractivity contribution in [2.75, 3.05) is 5.32 Å². The van der Waals surface area contributed by atoms with Crippen LogP contribution in [-0.4, -0.2) is 29.7 Å². The van der Waals surface area contributed by atoms with Crippen molar-refractivity contribution in [1.29, 1.82) is 0 Å². The molecule has 29 heavy (non-hydrogen) atoms. The third-order valence-electron chi connectivity index (χ3n) is 4.47.